The fourth-order valence-electron chi connectivity index (χ4n) is 1.56. The highest BCUT2D eigenvalue weighted by atomic mass is 16.6. The Kier molecular flexibility index (Phi) is 10.1. The molecule has 0 aromatic heterocycles. The maximum absolute atomic E-state index is 11.8. The van der Waals surface area contributed by atoms with Gasteiger partial charge in [-0.25, -0.2) is 14.4 Å². The summed E-state index contributed by atoms with van der Waals surface area (Å²) in [6, 6.07) is 0. The van der Waals surface area contributed by atoms with E-state index in [0.717, 1.165) is 6.42 Å². The SMILES string of the molecule is C=C(CCC)C(=C)C(=O)OCC(C)COC(=O)C(=C)C(=O)OCC. The largest absolute Gasteiger partial charge is 0.462 e. The average Bonchev–Trinajstić information content (AvgIpc) is 2.56. The molecule has 0 rings (SSSR count). The van der Waals surface area contributed by atoms with Crippen LogP contribution >= 0.6 is 0 Å². The van der Waals surface area contributed by atoms with Gasteiger partial charge in [0.2, 0.25) is 0 Å². The van der Waals surface area contributed by atoms with E-state index in [1.165, 1.54) is 0 Å². The van der Waals surface area contributed by atoms with Crippen LogP contribution in [-0.4, -0.2) is 37.7 Å². The van der Waals surface area contributed by atoms with Crippen molar-refractivity contribution in [2.45, 2.75) is 33.6 Å². The molecule has 6 heteroatoms. The van der Waals surface area contributed by atoms with E-state index in [1.54, 1.807) is 13.8 Å². The average molecular weight is 338 g/mol. The lowest BCUT2D eigenvalue weighted by Gasteiger charge is -2.14. The van der Waals surface area contributed by atoms with Crippen LogP contribution in [-0.2, 0) is 28.6 Å². The van der Waals surface area contributed by atoms with Gasteiger partial charge in [-0.05, 0) is 18.9 Å². The van der Waals surface area contributed by atoms with Gasteiger partial charge < -0.3 is 14.2 Å². The molecular weight excluding hydrogens is 312 g/mol. The van der Waals surface area contributed by atoms with E-state index in [1.807, 2.05) is 6.92 Å². The van der Waals surface area contributed by atoms with Crippen LogP contribution in [0.25, 0.3) is 0 Å². The van der Waals surface area contributed by atoms with E-state index in [0.29, 0.717) is 12.0 Å². The van der Waals surface area contributed by atoms with E-state index in [4.69, 9.17) is 9.47 Å². The number of carbonyl (C=O) groups excluding carboxylic acids is 3. The molecule has 0 saturated heterocycles. The Morgan fingerprint density at radius 3 is 1.75 bits per heavy atom. The Hall–Kier alpha value is -2.37. The van der Waals surface area contributed by atoms with Crippen molar-refractivity contribution in [2.24, 2.45) is 5.92 Å². The number of carbonyl (C=O) groups is 3. The first-order chi connectivity index (χ1) is 11.2. The van der Waals surface area contributed by atoms with E-state index in [9.17, 15) is 14.4 Å². The van der Waals surface area contributed by atoms with Crippen molar-refractivity contribution in [3.8, 4) is 0 Å². The van der Waals surface area contributed by atoms with E-state index in [-0.39, 0.29) is 36.9 Å². The Morgan fingerprint density at radius 2 is 1.29 bits per heavy atom. The first-order valence-corrected chi connectivity index (χ1v) is 7.81. The van der Waals surface area contributed by atoms with Crippen LogP contribution in [0.4, 0.5) is 0 Å². The summed E-state index contributed by atoms with van der Waals surface area (Å²) in [5, 5.41) is 0. The molecule has 0 aromatic rings. The summed E-state index contributed by atoms with van der Waals surface area (Å²) in [4.78, 5) is 34.7. The second-order valence-electron chi connectivity index (χ2n) is 5.33. The monoisotopic (exact) mass is 338 g/mol. The van der Waals surface area contributed by atoms with Crippen molar-refractivity contribution in [3.05, 3.63) is 36.5 Å². The van der Waals surface area contributed by atoms with Crippen molar-refractivity contribution in [1.82, 2.24) is 0 Å². The van der Waals surface area contributed by atoms with Gasteiger partial charge in [-0.1, -0.05) is 40.0 Å². The predicted octanol–water partition coefficient (Wildman–Crippen LogP) is 2.74. The summed E-state index contributed by atoms with van der Waals surface area (Å²) in [6.07, 6.45) is 1.54. The molecule has 24 heavy (non-hydrogen) atoms. The minimum Gasteiger partial charge on any atom is -0.462 e. The van der Waals surface area contributed by atoms with Crippen LogP contribution in [0.3, 0.4) is 0 Å². The van der Waals surface area contributed by atoms with Gasteiger partial charge in [0.1, 0.15) is 5.57 Å². The second-order valence-corrected chi connectivity index (χ2v) is 5.33. The zero-order chi connectivity index (χ0) is 18.7. The number of rotatable bonds is 11. The first kappa shape index (κ1) is 21.6. The van der Waals surface area contributed by atoms with Crippen LogP contribution in [0.15, 0.2) is 36.5 Å². The van der Waals surface area contributed by atoms with Crippen molar-refractivity contribution >= 4 is 17.9 Å². The molecule has 0 radical (unpaired) electrons. The van der Waals surface area contributed by atoms with Gasteiger partial charge >= 0.3 is 17.9 Å². The first-order valence-electron chi connectivity index (χ1n) is 7.81. The predicted molar refractivity (Wildman–Crippen MR) is 90.0 cm³/mol. The summed E-state index contributed by atoms with van der Waals surface area (Å²) in [7, 11) is 0. The second kappa shape index (κ2) is 11.2. The van der Waals surface area contributed by atoms with Gasteiger partial charge in [-0.15, -0.1) is 0 Å². The minimum absolute atomic E-state index is 0.0209. The zero-order valence-corrected chi connectivity index (χ0v) is 14.7. The molecule has 0 amide bonds. The minimum atomic E-state index is -0.854. The van der Waals surface area contributed by atoms with E-state index >= 15 is 0 Å². The molecule has 1 atom stereocenters. The maximum Gasteiger partial charge on any atom is 0.344 e. The highest BCUT2D eigenvalue weighted by Gasteiger charge is 2.20. The Morgan fingerprint density at radius 1 is 0.833 bits per heavy atom. The summed E-state index contributed by atoms with van der Waals surface area (Å²) in [5.74, 6) is -2.46. The Bertz CT molecular complexity index is 472. The van der Waals surface area contributed by atoms with Gasteiger partial charge in [0, 0.05) is 5.92 Å². The molecule has 0 aliphatic carbocycles. The smallest absolute Gasteiger partial charge is 0.344 e. The fourth-order valence-corrected chi connectivity index (χ4v) is 1.56. The lowest BCUT2D eigenvalue weighted by atomic mass is 10.1. The molecule has 0 fully saturated rings. The summed E-state index contributed by atoms with van der Waals surface area (Å²) in [6.45, 7) is 16.3. The third kappa shape index (κ3) is 7.76. The van der Waals surface area contributed by atoms with Gasteiger partial charge in [0.25, 0.3) is 0 Å². The van der Waals surface area contributed by atoms with Gasteiger partial charge in [-0.2, -0.15) is 0 Å². The molecule has 1 unspecified atom stereocenters. The summed E-state index contributed by atoms with van der Waals surface area (Å²) in [5.41, 5.74) is 0.523. The third-order valence-electron chi connectivity index (χ3n) is 2.99. The number of esters is 3. The van der Waals surface area contributed by atoms with Gasteiger partial charge in [-0.3, -0.25) is 0 Å². The molecule has 0 aliphatic rings. The van der Waals surface area contributed by atoms with E-state index < -0.39 is 17.9 Å². The van der Waals surface area contributed by atoms with E-state index in [2.05, 4.69) is 24.5 Å². The molecule has 0 saturated carbocycles. The van der Waals surface area contributed by atoms with Crippen molar-refractivity contribution in [3.63, 3.8) is 0 Å². The van der Waals surface area contributed by atoms with Gasteiger partial charge in [0.15, 0.2) is 0 Å². The van der Waals surface area contributed by atoms with Crippen molar-refractivity contribution in [1.29, 1.82) is 0 Å². The molecule has 0 spiro atoms. The Labute approximate surface area is 143 Å². The maximum atomic E-state index is 11.8. The molecule has 6 nitrogen and oxygen atoms in total. The normalized spacial score (nSPS) is 11.1. The van der Waals surface area contributed by atoms with Crippen LogP contribution in [0.2, 0.25) is 0 Å². The fraction of sp³-hybridized carbons (Fsp3) is 0.500. The zero-order valence-electron chi connectivity index (χ0n) is 14.7. The van der Waals surface area contributed by atoms with Crippen LogP contribution in [0.1, 0.15) is 33.6 Å². The number of hydrogen-bond acceptors (Lipinski definition) is 6. The molecule has 0 N–H and O–H groups in total. The lowest BCUT2D eigenvalue weighted by molar-refractivity contribution is -0.148. The number of ether oxygens (including phenoxy) is 3. The highest BCUT2D eigenvalue weighted by Crippen LogP contribution is 2.14. The van der Waals surface area contributed by atoms with Crippen LogP contribution in [0.5, 0.6) is 0 Å². The molecule has 0 bridgehead atoms. The molecule has 0 aromatic carbocycles. The summed E-state index contributed by atoms with van der Waals surface area (Å²) < 4.78 is 14.7. The summed E-state index contributed by atoms with van der Waals surface area (Å²) >= 11 is 0. The molecule has 0 heterocycles. The molecule has 0 aliphatic heterocycles. The van der Waals surface area contributed by atoms with Crippen LogP contribution < -0.4 is 0 Å². The Balaban J connectivity index is 4.21. The molecular formula is C18H26O6. The third-order valence-corrected chi connectivity index (χ3v) is 2.99. The highest BCUT2D eigenvalue weighted by molar-refractivity contribution is 6.13. The number of hydrogen-bond donors (Lipinski definition) is 0. The lowest BCUT2D eigenvalue weighted by Crippen LogP contribution is -2.22. The quantitative estimate of drug-likeness (QED) is 0.144. The van der Waals surface area contributed by atoms with Crippen molar-refractivity contribution in [2.75, 3.05) is 19.8 Å². The topological polar surface area (TPSA) is 78.9 Å². The van der Waals surface area contributed by atoms with Crippen LogP contribution in [0, 0.1) is 5.92 Å². The molecule has 134 valence electrons. The van der Waals surface area contributed by atoms with Gasteiger partial charge in [0.05, 0.1) is 25.4 Å². The van der Waals surface area contributed by atoms with Crippen molar-refractivity contribution < 1.29 is 28.6 Å². The standard InChI is InChI=1S/C18H26O6/c1-7-9-13(4)14(5)16(19)23-10-12(3)11-24-18(21)15(6)17(20)22-8-2/h12H,4-11H2,1-3H3.